The molecule has 0 radical (unpaired) electrons. The van der Waals surface area contributed by atoms with Crippen LogP contribution < -0.4 is 0 Å². The van der Waals surface area contributed by atoms with E-state index < -0.39 is 23.6 Å². The lowest BCUT2D eigenvalue weighted by molar-refractivity contribution is -0.131. The van der Waals surface area contributed by atoms with E-state index in [2.05, 4.69) is 0 Å². The van der Waals surface area contributed by atoms with Crippen LogP contribution in [-0.2, 0) is 9.59 Å². The van der Waals surface area contributed by atoms with Crippen LogP contribution in [0.2, 0.25) is 0 Å². The molecule has 0 bridgehead atoms. The van der Waals surface area contributed by atoms with Gasteiger partial charge in [0.05, 0.1) is 6.61 Å². The van der Waals surface area contributed by atoms with Crippen molar-refractivity contribution in [3.63, 3.8) is 0 Å². The second kappa shape index (κ2) is 5.73. The lowest BCUT2D eigenvalue weighted by Crippen LogP contribution is -2.49. The summed E-state index contributed by atoms with van der Waals surface area (Å²) < 4.78 is 0. The van der Waals surface area contributed by atoms with Gasteiger partial charge in [-0.1, -0.05) is 19.9 Å². The molecule has 5 heteroatoms. The molecule has 20 heavy (non-hydrogen) atoms. The van der Waals surface area contributed by atoms with Crippen LogP contribution in [-0.4, -0.2) is 39.3 Å². The Labute approximate surface area is 117 Å². The Morgan fingerprint density at radius 2 is 2.05 bits per heavy atom. The van der Waals surface area contributed by atoms with Crippen LogP contribution >= 0.6 is 0 Å². The SMILES string of the molecule is CC(=C/C(=O)O)/C=C/[C@]1(O)C(CO)=CC(=O)CC1(C)C. The van der Waals surface area contributed by atoms with Crippen LogP contribution in [0.3, 0.4) is 0 Å². The number of rotatable bonds is 4. The number of carbonyl (C=O) groups excluding carboxylic acids is 1. The average Bonchev–Trinajstić information content (AvgIpc) is 2.30. The van der Waals surface area contributed by atoms with Gasteiger partial charge in [-0.3, -0.25) is 4.79 Å². The van der Waals surface area contributed by atoms with Crippen LogP contribution in [0.1, 0.15) is 27.2 Å². The van der Waals surface area contributed by atoms with Crippen molar-refractivity contribution in [3.8, 4) is 0 Å². The van der Waals surface area contributed by atoms with E-state index in [1.54, 1.807) is 20.8 Å². The summed E-state index contributed by atoms with van der Waals surface area (Å²) in [5.74, 6) is -1.22. The van der Waals surface area contributed by atoms with Crippen LogP contribution in [0.25, 0.3) is 0 Å². The normalized spacial score (nSPS) is 26.8. The highest BCUT2D eigenvalue weighted by atomic mass is 16.4. The number of aliphatic hydroxyl groups is 2. The predicted octanol–water partition coefficient (Wildman–Crippen LogP) is 1.22. The van der Waals surface area contributed by atoms with Gasteiger partial charge in [0.15, 0.2) is 5.78 Å². The molecule has 0 unspecified atom stereocenters. The highest BCUT2D eigenvalue weighted by Crippen LogP contribution is 2.44. The minimum atomic E-state index is -1.48. The molecule has 0 aromatic heterocycles. The Bertz CT molecular complexity index is 510. The third-order valence-corrected chi connectivity index (χ3v) is 3.58. The molecule has 0 aromatic rings. The molecule has 0 fully saturated rings. The van der Waals surface area contributed by atoms with Crippen molar-refractivity contribution in [1.82, 2.24) is 0 Å². The number of aliphatic hydroxyl groups excluding tert-OH is 1. The van der Waals surface area contributed by atoms with Gasteiger partial charge in [0.1, 0.15) is 5.60 Å². The molecular weight excluding hydrogens is 260 g/mol. The fourth-order valence-corrected chi connectivity index (χ4v) is 2.35. The Morgan fingerprint density at radius 3 is 2.55 bits per heavy atom. The first-order valence-corrected chi connectivity index (χ1v) is 6.30. The lowest BCUT2D eigenvalue weighted by atomic mass is 9.64. The monoisotopic (exact) mass is 280 g/mol. The van der Waals surface area contributed by atoms with E-state index in [-0.39, 0.29) is 17.8 Å². The molecule has 110 valence electrons. The molecule has 0 aromatic carbocycles. The van der Waals surface area contributed by atoms with Crippen molar-refractivity contribution < 1.29 is 24.9 Å². The Hall–Kier alpha value is -1.72. The van der Waals surface area contributed by atoms with Gasteiger partial charge in [0, 0.05) is 17.9 Å². The number of carboxylic acids is 1. The van der Waals surface area contributed by atoms with E-state index >= 15 is 0 Å². The fraction of sp³-hybridized carbons (Fsp3) is 0.467. The molecule has 0 amide bonds. The smallest absolute Gasteiger partial charge is 0.328 e. The van der Waals surface area contributed by atoms with Gasteiger partial charge < -0.3 is 15.3 Å². The van der Waals surface area contributed by atoms with Crippen LogP contribution in [0.4, 0.5) is 0 Å². The maximum atomic E-state index is 11.6. The highest BCUT2D eigenvalue weighted by molar-refractivity contribution is 5.93. The molecule has 5 nitrogen and oxygen atoms in total. The van der Waals surface area contributed by atoms with Gasteiger partial charge in [-0.2, -0.15) is 0 Å². The van der Waals surface area contributed by atoms with Gasteiger partial charge in [0.25, 0.3) is 0 Å². The van der Waals surface area contributed by atoms with Crippen molar-refractivity contribution in [1.29, 1.82) is 0 Å². The minimum absolute atomic E-state index is 0.144. The third kappa shape index (κ3) is 3.23. The second-order valence-electron chi connectivity index (χ2n) is 5.68. The number of aliphatic carboxylic acids is 1. The van der Waals surface area contributed by atoms with Crippen LogP contribution in [0.15, 0.2) is 35.5 Å². The summed E-state index contributed by atoms with van der Waals surface area (Å²) in [4.78, 5) is 22.2. The molecule has 0 aliphatic heterocycles. The summed E-state index contributed by atoms with van der Waals surface area (Å²) in [7, 11) is 0. The highest BCUT2D eigenvalue weighted by Gasteiger charge is 2.47. The average molecular weight is 280 g/mol. The third-order valence-electron chi connectivity index (χ3n) is 3.58. The molecule has 0 saturated carbocycles. The topological polar surface area (TPSA) is 94.8 Å². The van der Waals surface area contributed by atoms with Gasteiger partial charge in [-0.25, -0.2) is 4.79 Å². The molecule has 1 rings (SSSR count). The molecule has 3 N–H and O–H groups in total. The molecule has 1 atom stereocenters. The summed E-state index contributed by atoms with van der Waals surface area (Å²) in [6.07, 6.45) is 5.35. The van der Waals surface area contributed by atoms with Gasteiger partial charge >= 0.3 is 5.97 Å². The van der Waals surface area contributed by atoms with E-state index in [4.69, 9.17) is 5.11 Å². The van der Waals surface area contributed by atoms with Crippen LogP contribution in [0, 0.1) is 5.41 Å². The predicted molar refractivity (Wildman–Crippen MR) is 74.1 cm³/mol. The van der Waals surface area contributed by atoms with Gasteiger partial charge in [-0.05, 0) is 30.2 Å². The largest absolute Gasteiger partial charge is 0.478 e. The molecule has 1 aliphatic carbocycles. The lowest BCUT2D eigenvalue weighted by Gasteiger charge is -2.44. The molecule has 0 heterocycles. The first-order valence-electron chi connectivity index (χ1n) is 6.30. The van der Waals surface area contributed by atoms with E-state index in [9.17, 15) is 19.8 Å². The van der Waals surface area contributed by atoms with Crippen LogP contribution in [0.5, 0.6) is 0 Å². The first kappa shape index (κ1) is 16.3. The first-order chi connectivity index (χ1) is 9.12. The number of hydrogen-bond donors (Lipinski definition) is 3. The van der Waals surface area contributed by atoms with E-state index in [1.165, 1.54) is 18.2 Å². The van der Waals surface area contributed by atoms with Crippen molar-refractivity contribution in [2.75, 3.05) is 6.61 Å². The summed E-state index contributed by atoms with van der Waals surface area (Å²) in [5.41, 5.74) is -1.59. The number of hydrogen-bond acceptors (Lipinski definition) is 4. The van der Waals surface area contributed by atoms with Crippen molar-refractivity contribution in [2.24, 2.45) is 5.41 Å². The zero-order valence-electron chi connectivity index (χ0n) is 11.9. The van der Waals surface area contributed by atoms with Gasteiger partial charge in [0.2, 0.25) is 0 Å². The van der Waals surface area contributed by atoms with Gasteiger partial charge in [-0.15, -0.1) is 0 Å². The number of carbonyl (C=O) groups is 2. The Kier molecular flexibility index (Phi) is 4.68. The Morgan fingerprint density at radius 1 is 1.45 bits per heavy atom. The molecular formula is C15H20O5. The molecule has 1 aliphatic rings. The quantitative estimate of drug-likeness (QED) is 0.531. The van der Waals surface area contributed by atoms with E-state index in [1.807, 2.05) is 0 Å². The maximum Gasteiger partial charge on any atom is 0.328 e. The zero-order valence-corrected chi connectivity index (χ0v) is 11.9. The number of ketones is 1. The summed E-state index contributed by atoms with van der Waals surface area (Å²) in [6, 6.07) is 0. The van der Waals surface area contributed by atoms with E-state index in [0.29, 0.717) is 5.57 Å². The number of allylic oxidation sites excluding steroid dienone is 3. The van der Waals surface area contributed by atoms with E-state index in [0.717, 1.165) is 6.08 Å². The Balaban J connectivity index is 3.22. The molecule has 0 saturated heterocycles. The van der Waals surface area contributed by atoms with Crippen molar-refractivity contribution >= 4 is 11.8 Å². The summed E-state index contributed by atoms with van der Waals surface area (Å²) in [5, 5.41) is 28.8. The summed E-state index contributed by atoms with van der Waals surface area (Å²) in [6.45, 7) is 4.62. The number of carboxylic acid groups (broad SMARTS) is 1. The fourth-order valence-electron chi connectivity index (χ4n) is 2.35. The molecule has 0 spiro atoms. The standard InChI is InChI=1S/C15H20O5/c1-10(6-13(18)19)4-5-15(20)11(9-16)7-12(17)8-14(15,2)3/h4-7,16,20H,8-9H2,1-3H3,(H,18,19)/b5-4+,10-6-/t15-/m0/s1. The van der Waals surface area contributed by atoms with Crippen molar-refractivity contribution in [3.05, 3.63) is 35.5 Å². The minimum Gasteiger partial charge on any atom is -0.478 e. The zero-order chi connectivity index (χ0) is 15.6. The van der Waals surface area contributed by atoms with Crippen molar-refractivity contribution in [2.45, 2.75) is 32.8 Å². The summed E-state index contributed by atoms with van der Waals surface area (Å²) >= 11 is 0. The second-order valence-corrected chi connectivity index (χ2v) is 5.68. The maximum absolute atomic E-state index is 11.6.